The highest BCUT2D eigenvalue weighted by atomic mass is 35.5. The summed E-state index contributed by atoms with van der Waals surface area (Å²) in [6.07, 6.45) is -1.51. The number of benzene rings is 2. The summed E-state index contributed by atoms with van der Waals surface area (Å²) in [6.45, 7) is -0.770. The molecule has 0 bridgehead atoms. The van der Waals surface area contributed by atoms with E-state index >= 15 is 0 Å². The van der Waals surface area contributed by atoms with Gasteiger partial charge in [0.05, 0.1) is 23.5 Å². The quantitative estimate of drug-likeness (QED) is 0.366. The van der Waals surface area contributed by atoms with Crippen LogP contribution in [0.5, 0.6) is 11.6 Å². The number of imidazole rings is 1. The predicted octanol–water partition coefficient (Wildman–Crippen LogP) is 4.56. The van der Waals surface area contributed by atoms with Crippen molar-refractivity contribution in [2.24, 2.45) is 5.73 Å². The third-order valence-corrected chi connectivity index (χ3v) is 5.20. The number of anilines is 1. The minimum atomic E-state index is -2.74. The molecular formula is C23H17ClF3N5O3. The molecule has 3 N–H and O–H groups in total. The fraction of sp³-hybridized carbons (Fsp3) is 0.130. The number of carbonyl (C=O) groups excluding carboxylic acids is 2. The van der Waals surface area contributed by atoms with Crippen molar-refractivity contribution < 1.29 is 27.5 Å². The number of nitrogens with zero attached hydrogens (tertiary/aromatic N) is 3. The number of halogens is 4. The normalized spacial score (nSPS) is 11.1. The molecule has 2 heterocycles. The van der Waals surface area contributed by atoms with Gasteiger partial charge in [0, 0.05) is 6.20 Å². The molecule has 0 saturated carbocycles. The van der Waals surface area contributed by atoms with Crippen LogP contribution in [0.4, 0.5) is 19.1 Å². The second kappa shape index (κ2) is 10.0. The summed E-state index contributed by atoms with van der Waals surface area (Å²) in [5, 5.41) is 2.58. The maximum atomic E-state index is 14.1. The maximum absolute atomic E-state index is 14.1. The number of nitrogens with two attached hydrogens (primary N) is 1. The Morgan fingerprint density at radius 3 is 2.69 bits per heavy atom. The van der Waals surface area contributed by atoms with E-state index in [1.807, 2.05) is 0 Å². The Kier molecular flexibility index (Phi) is 6.87. The van der Waals surface area contributed by atoms with Crippen LogP contribution in [-0.2, 0) is 17.8 Å². The second-order valence-electron chi connectivity index (χ2n) is 7.36. The van der Waals surface area contributed by atoms with E-state index in [2.05, 4.69) is 15.3 Å². The molecule has 2 amide bonds. The molecule has 2 aromatic heterocycles. The molecule has 2 aromatic carbocycles. The molecule has 12 heteroatoms. The van der Waals surface area contributed by atoms with Crippen LogP contribution in [0.25, 0.3) is 11.0 Å². The van der Waals surface area contributed by atoms with E-state index in [0.717, 1.165) is 10.6 Å². The largest absolute Gasteiger partial charge is 0.437 e. The summed E-state index contributed by atoms with van der Waals surface area (Å²) in [5.74, 6) is -2.06. The molecule has 0 radical (unpaired) electrons. The number of nitrogens with one attached hydrogen (secondary N) is 1. The fourth-order valence-electron chi connectivity index (χ4n) is 3.39. The summed E-state index contributed by atoms with van der Waals surface area (Å²) < 4.78 is 46.9. The lowest BCUT2D eigenvalue weighted by atomic mass is 10.1. The minimum Gasteiger partial charge on any atom is -0.437 e. The van der Waals surface area contributed by atoms with E-state index in [0.29, 0.717) is 5.56 Å². The van der Waals surface area contributed by atoms with Crippen molar-refractivity contribution in [3.05, 3.63) is 76.7 Å². The number of primary amides is 1. The Hall–Kier alpha value is -4.12. The zero-order valence-electron chi connectivity index (χ0n) is 17.8. The molecule has 0 atom stereocenters. The van der Waals surface area contributed by atoms with Gasteiger partial charge in [-0.2, -0.15) is 0 Å². The average molecular weight is 504 g/mol. The zero-order chi connectivity index (χ0) is 25.1. The van der Waals surface area contributed by atoms with E-state index in [9.17, 15) is 22.8 Å². The van der Waals surface area contributed by atoms with Crippen molar-refractivity contribution in [2.75, 3.05) is 5.32 Å². The van der Waals surface area contributed by atoms with Crippen LogP contribution in [0.3, 0.4) is 0 Å². The van der Waals surface area contributed by atoms with E-state index in [1.54, 1.807) is 6.07 Å². The second-order valence-corrected chi connectivity index (χ2v) is 7.76. The van der Waals surface area contributed by atoms with Gasteiger partial charge in [-0.3, -0.25) is 14.9 Å². The van der Waals surface area contributed by atoms with Crippen molar-refractivity contribution >= 4 is 40.4 Å². The molecular weight excluding hydrogens is 487 g/mol. The SMILES string of the molecule is NC(=O)c1cccnc1Oc1ccc(CC(=O)Nc2nc3c(F)cccc3n2CC(F)F)cc1Cl. The van der Waals surface area contributed by atoms with Crippen molar-refractivity contribution in [1.82, 2.24) is 14.5 Å². The molecule has 4 aromatic rings. The van der Waals surface area contributed by atoms with Gasteiger partial charge in [0.15, 0.2) is 5.82 Å². The maximum Gasteiger partial charge on any atom is 0.256 e. The van der Waals surface area contributed by atoms with Gasteiger partial charge in [-0.25, -0.2) is 23.1 Å². The molecule has 8 nitrogen and oxygen atoms in total. The van der Waals surface area contributed by atoms with Crippen LogP contribution in [-0.4, -0.2) is 32.8 Å². The van der Waals surface area contributed by atoms with Gasteiger partial charge in [-0.1, -0.05) is 23.7 Å². The average Bonchev–Trinajstić information content (AvgIpc) is 3.13. The van der Waals surface area contributed by atoms with Crippen LogP contribution in [0.2, 0.25) is 5.02 Å². The molecule has 0 saturated heterocycles. The van der Waals surface area contributed by atoms with E-state index < -0.39 is 30.6 Å². The Morgan fingerprint density at radius 2 is 1.97 bits per heavy atom. The summed E-state index contributed by atoms with van der Waals surface area (Å²) in [7, 11) is 0. The molecule has 35 heavy (non-hydrogen) atoms. The van der Waals surface area contributed by atoms with E-state index in [1.165, 1.54) is 42.6 Å². The van der Waals surface area contributed by atoms with Crippen LogP contribution in [0.15, 0.2) is 54.7 Å². The van der Waals surface area contributed by atoms with Crippen LogP contribution < -0.4 is 15.8 Å². The third-order valence-electron chi connectivity index (χ3n) is 4.91. The number of aromatic nitrogens is 3. The van der Waals surface area contributed by atoms with Crippen molar-refractivity contribution in [3.8, 4) is 11.6 Å². The first-order valence-electron chi connectivity index (χ1n) is 10.2. The Bertz CT molecular complexity index is 1430. The first kappa shape index (κ1) is 24.0. The van der Waals surface area contributed by atoms with Gasteiger partial charge in [0.1, 0.15) is 16.8 Å². The lowest BCUT2D eigenvalue weighted by Gasteiger charge is -2.11. The summed E-state index contributed by atoms with van der Waals surface area (Å²) >= 11 is 6.27. The summed E-state index contributed by atoms with van der Waals surface area (Å²) in [5.41, 5.74) is 5.86. The number of carbonyl (C=O) groups is 2. The zero-order valence-corrected chi connectivity index (χ0v) is 18.6. The van der Waals surface area contributed by atoms with Gasteiger partial charge < -0.3 is 15.0 Å². The Balaban J connectivity index is 1.51. The van der Waals surface area contributed by atoms with Gasteiger partial charge in [-0.05, 0) is 42.0 Å². The van der Waals surface area contributed by atoms with Crippen LogP contribution in [0, 0.1) is 5.82 Å². The van der Waals surface area contributed by atoms with Crippen LogP contribution in [0.1, 0.15) is 15.9 Å². The van der Waals surface area contributed by atoms with Crippen LogP contribution >= 0.6 is 11.6 Å². The van der Waals surface area contributed by atoms with Gasteiger partial charge in [0.2, 0.25) is 17.7 Å². The number of hydrogen-bond acceptors (Lipinski definition) is 5. The lowest BCUT2D eigenvalue weighted by molar-refractivity contribution is -0.115. The third kappa shape index (κ3) is 5.35. The van der Waals surface area contributed by atoms with Gasteiger partial charge >= 0.3 is 0 Å². The molecule has 0 aliphatic carbocycles. The number of alkyl halides is 2. The highest BCUT2D eigenvalue weighted by Gasteiger charge is 2.19. The molecule has 0 unspecified atom stereocenters. The fourth-order valence-corrected chi connectivity index (χ4v) is 3.63. The van der Waals surface area contributed by atoms with E-state index in [-0.39, 0.29) is 45.6 Å². The van der Waals surface area contributed by atoms with Crippen molar-refractivity contribution in [2.45, 2.75) is 19.4 Å². The molecule has 180 valence electrons. The Morgan fingerprint density at radius 1 is 1.17 bits per heavy atom. The smallest absolute Gasteiger partial charge is 0.256 e. The van der Waals surface area contributed by atoms with Crippen molar-refractivity contribution in [1.29, 1.82) is 0 Å². The standard InChI is InChI=1S/C23H17ClF3N5O3/c24-14-9-12(6-7-17(14)35-22-13(21(28)34)3-2-8-29-22)10-19(33)30-23-31-20-15(25)4-1-5-16(20)32(23)11-18(26)27/h1-9,18H,10-11H2,(H2,28,34)(H,30,31,33). The molecule has 0 spiro atoms. The number of amides is 2. The highest BCUT2D eigenvalue weighted by molar-refractivity contribution is 6.32. The number of para-hydroxylation sites is 1. The molecule has 4 rings (SSSR count). The highest BCUT2D eigenvalue weighted by Crippen LogP contribution is 2.31. The number of pyridine rings is 1. The van der Waals surface area contributed by atoms with Crippen molar-refractivity contribution in [3.63, 3.8) is 0 Å². The van der Waals surface area contributed by atoms with E-state index in [4.69, 9.17) is 22.1 Å². The number of ether oxygens (including phenoxy) is 1. The lowest BCUT2D eigenvalue weighted by Crippen LogP contribution is -2.19. The molecule has 0 fully saturated rings. The van der Waals surface area contributed by atoms with Gasteiger partial charge in [0.25, 0.3) is 12.3 Å². The first-order chi connectivity index (χ1) is 16.7. The number of rotatable bonds is 8. The topological polar surface area (TPSA) is 112 Å². The summed E-state index contributed by atoms with van der Waals surface area (Å²) in [6, 6.07) is 11.4. The predicted molar refractivity (Wildman–Crippen MR) is 122 cm³/mol. The molecule has 0 aliphatic rings. The Labute approximate surface area is 201 Å². The number of hydrogen-bond donors (Lipinski definition) is 2. The first-order valence-corrected chi connectivity index (χ1v) is 10.5. The monoisotopic (exact) mass is 503 g/mol. The van der Waals surface area contributed by atoms with Gasteiger partial charge in [-0.15, -0.1) is 0 Å². The minimum absolute atomic E-state index is 0.0300. The summed E-state index contributed by atoms with van der Waals surface area (Å²) in [4.78, 5) is 32.1. The molecule has 0 aliphatic heterocycles. The number of fused-ring (bicyclic) bond motifs is 1.